The van der Waals surface area contributed by atoms with Crippen molar-refractivity contribution >= 4 is 25.4 Å². The van der Waals surface area contributed by atoms with Crippen molar-refractivity contribution in [3.05, 3.63) is 59.2 Å². The van der Waals surface area contributed by atoms with E-state index in [1.807, 2.05) is 30.3 Å². The number of carboxylic acids is 1. The fraction of sp³-hybridized carbons (Fsp3) is 0.188. The van der Waals surface area contributed by atoms with Gasteiger partial charge in [-0.1, -0.05) is 0 Å². The first-order chi connectivity index (χ1) is 10.5. The van der Waals surface area contributed by atoms with Crippen LogP contribution in [0.25, 0.3) is 0 Å². The maximum atomic E-state index is 12.4. The first-order valence-electron chi connectivity index (χ1n) is 6.47. The molecule has 0 amide bonds. The third-order valence-corrected chi connectivity index (χ3v) is 5.19. The van der Waals surface area contributed by atoms with E-state index in [-0.39, 0.29) is 26.3 Å². The van der Waals surface area contributed by atoms with Crippen LogP contribution in [0, 0.1) is 6.92 Å². The summed E-state index contributed by atoms with van der Waals surface area (Å²) in [5.74, 6) is -1.06. The summed E-state index contributed by atoms with van der Waals surface area (Å²) in [7, 11) is 0. The van der Waals surface area contributed by atoms with Crippen molar-refractivity contribution in [2.24, 2.45) is 0 Å². The van der Waals surface area contributed by atoms with E-state index in [4.69, 9.17) is 0 Å². The van der Waals surface area contributed by atoms with Gasteiger partial charge in [-0.2, -0.15) is 0 Å². The van der Waals surface area contributed by atoms with Gasteiger partial charge >= 0.3 is 133 Å². The number of ether oxygens (including phenoxy) is 1. The molecule has 0 fully saturated rings. The van der Waals surface area contributed by atoms with Crippen LogP contribution in [0.2, 0.25) is 0 Å². The third-order valence-electron chi connectivity index (χ3n) is 2.97. The number of alkyl halides is 2. The van der Waals surface area contributed by atoms with E-state index in [1.54, 1.807) is 6.92 Å². The summed E-state index contributed by atoms with van der Waals surface area (Å²) in [6, 6.07) is 12.4. The predicted molar refractivity (Wildman–Crippen MR) is 80.3 cm³/mol. The number of carbonyl (C=O) groups is 1. The van der Waals surface area contributed by atoms with Gasteiger partial charge in [-0.3, -0.25) is 0 Å². The Morgan fingerprint density at radius 3 is 2.55 bits per heavy atom. The number of rotatable bonds is 6. The van der Waals surface area contributed by atoms with Gasteiger partial charge in [-0.05, 0) is 0 Å². The topological polar surface area (TPSA) is 46.5 Å². The Kier molecular flexibility index (Phi) is 5.52. The van der Waals surface area contributed by atoms with E-state index in [1.165, 1.54) is 12.1 Å². The van der Waals surface area contributed by atoms with Crippen molar-refractivity contribution < 1.29 is 23.4 Å². The van der Waals surface area contributed by atoms with E-state index in [0.717, 1.165) is 4.46 Å². The van der Waals surface area contributed by atoms with Crippen molar-refractivity contribution in [1.29, 1.82) is 0 Å². The molecule has 22 heavy (non-hydrogen) atoms. The Bertz CT molecular complexity index is 660. The number of benzene rings is 2. The molecule has 0 unspecified atom stereocenters. The molecule has 116 valence electrons. The zero-order valence-electron chi connectivity index (χ0n) is 11.8. The first-order valence-corrected chi connectivity index (χ1v) is 8.53. The van der Waals surface area contributed by atoms with Crippen LogP contribution in [-0.2, 0) is 5.32 Å². The van der Waals surface area contributed by atoms with Gasteiger partial charge < -0.3 is 0 Å². The van der Waals surface area contributed by atoms with Crippen LogP contribution in [0.15, 0.2) is 42.5 Å². The van der Waals surface area contributed by atoms with Crippen LogP contribution in [0.5, 0.6) is 5.75 Å². The quantitative estimate of drug-likeness (QED) is 0.795. The number of carboxylic acid groups (broad SMARTS) is 1. The molecule has 2 rings (SSSR count). The third kappa shape index (κ3) is 4.29. The molecule has 2 aromatic carbocycles. The van der Waals surface area contributed by atoms with Gasteiger partial charge in [-0.25, -0.2) is 0 Å². The van der Waals surface area contributed by atoms with Gasteiger partial charge in [0.1, 0.15) is 0 Å². The maximum absolute atomic E-state index is 12.4. The van der Waals surface area contributed by atoms with Crippen LogP contribution in [-0.4, -0.2) is 32.6 Å². The van der Waals surface area contributed by atoms with Crippen molar-refractivity contribution in [2.75, 3.05) is 0 Å². The number of hydrogen-bond donors (Lipinski definition) is 1. The zero-order valence-corrected chi connectivity index (χ0v) is 13.5. The Morgan fingerprint density at radius 1 is 1.27 bits per heavy atom. The number of hydrogen-bond acceptors (Lipinski definition) is 2. The van der Waals surface area contributed by atoms with Crippen LogP contribution in [0.3, 0.4) is 0 Å². The molecule has 0 aromatic heterocycles. The van der Waals surface area contributed by atoms with E-state index in [0.29, 0.717) is 16.4 Å². The molecule has 0 bridgehead atoms. The average molecular weight is 371 g/mol. The molecule has 6 heteroatoms. The molecular formula is C16H14F2O3Se. The summed E-state index contributed by atoms with van der Waals surface area (Å²) in [4.78, 5) is 11.4. The molecule has 0 aliphatic rings. The molecule has 0 heterocycles. The van der Waals surface area contributed by atoms with Crippen molar-refractivity contribution in [1.82, 2.24) is 0 Å². The van der Waals surface area contributed by atoms with E-state index in [2.05, 4.69) is 4.74 Å². The molecule has 0 aliphatic heterocycles. The standard InChI is InChI=1S/C16H14F2O3Se/c1-10-7-12(21-16(17)18)8-11(14(10)15(19)20)9-22-13-5-3-2-4-6-13/h2-8,16H,9H2,1H3,(H,19,20). The van der Waals surface area contributed by atoms with E-state index < -0.39 is 12.6 Å². The molecule has 2 aromatic rings. The second-order valence-corrected chi connectivity index (χ2v) is 6.76. The van der Waals surface area contributed by atoms with Gasteiger partial charge in [0.25, 0.3) is 0 Å². The Hall–Kier alpha value is -1.91. The van der Waals surface area contributed by atoms with Gasteiger partial charge in [0.2, 0.25) is 0 Å². The molecule has 1 N–H and O–H groups in total. The number of aryl methyl sites for hydroxylation is 1. The van der Waals surface area contributed by atoms with Gasteiger partial charge in [-0.15, -0.1) is 0 Å². The summed E-state index contributed by atoms with van der Waals surface area (Å²) < 4.78 is 30.2. The summed E-state index contributed by atoms with van der Waals surface area (Å²) in [5, 5.41) is 9.83. The molecule has 3 nitrogen and oxygen atoms in total. The number of aromatic carboxylic acids is 1. The first kappa shape index (κ1) is 16.5. The van der Waals surface area contributed by atoms with Gasteiger partial charge in [0.15, 0.2) is 0 Å². The second kappa shape index (κ2) is 7.38. The van der Waals surface area contributed by atoms with Crippen LogP contribution in [0.1, 0.15) is 21.5 Å². The molecular weight excluding hydrogens is 357 g/mol. The molecule has 0 atom stereocenters. The Balaban J connectivity index is 2.29. The fourth-order valence-corrected chi connectivity index (χ4v) is 3.98. The Labute approximate surface area is 133 Å². The molecule has 0 aliphatic carbocycles. The van der Waals surface area contributed by atoms with Crippen LogP contribution in [0.4, 0.5) is 8.78 Å². The second-order valence-electron chi connectivity index (χ2n) is 4.56. The zero-order chi connectivity index (χ0) is 16.1. The average Bonchev–Trinajstić information content (AvgIpc) is 2.44. The monoisotopic (exact) mass is 372 g/mol. The number of halogens is 2. The van der Waals surface area contributed by atoms with E-state index in [9.17, 15) is 18.7 Å². The molecule has 0 spiro atoms. The van der Waals surface area contributed by atoms with Crippen molar-refractivity contribution in [3.8, 4) is 5.75 Å². The summed E-state index contributed by atoms with van der Waals surface area (Å²) in [5.41, 5.74) is 1.11. The van der Waals surface area contributed by atoms with Crippen LogP contribution < -0.4 is 9.20 Å². The minimum absolute atomic E-state index is 0.00337. The van der Waals surface area contributed by atoms with Gasteiger partial charge in [0, 0.05) is 0 Å². The molecule has 0 radical (unpaired) electrons. The molecule has 0 saturated heterocycles. The normalized spacial score (nSPS) is 10.7. The minimum atomic E-state index is -2.93. The summed E-state index contributed by atoms with van der Waals surface area (Å²) in [6.45, 7) is -1.34. The molecule has 0 saturated carbocycles. The summed E-state index contributed by atoms with van der Waals surface area (Å²) in [6.07, 6.45) is 0. The van der Waals surface area contributed by atoms with E-state index >= 15 is 0 Å². The SMILES string of the molecule is Cc1cc(OC(F)F)cc(C[Se]c2ccccc2)c1C(=O)O. The summed E-state index contributed by atoms with van der Waals surface area (Å²) >= 11 is 0.0152. The van der Waals surface area contributed by atoms with Gasteiger partial charge in [0.05, 0.1) is 0 Å². The van der Waals surface area contributed by atoms with Crippen molar-refractivity contribution in [3.63, 3.8) is 0 Å². The van der Waals surface area contributed by atoms with Crippen molar-refractivity contribution in [2.45, 2.75) is 18.9 Å². The fourth-order valence-electron chi connectivity index (χ4n) is 2.09. The predicted octanol–water partition coefficient (Wildman–Crippen LogP) is 2.82. The Morgan fingerprint density at radius 2 is 1.95 bits per heavy atom. The van der Waals surface area contributed by atoms with Crippen LogP contribution >= 0.6 is 0 Å².